The summed E-state index contributed by atoms with van der Waals surface area (Å²) in [5.74, 6) is 2.42. The summed E-state index contributed by atoms with van der Waals surface area (Å²) < 4.78 is 27.7. The van der Waals surface area contributed by atoms with E-state index < -0.39 is 10.0 Å². The lowest BCUT2D eigenvalue weighted by atomic mass is 10.2. The van der Waals surface area contributed by atoms with E-state index in [4.69, 9.17) is 6.42 Å². The number of fused-ring (bicyclic) bond motifs is 1. The predicted octanol–water partition coefficient (Wildman–Crippen LogP) is 2.38. The zero-order valence-corrected chi connectivity index (χ0v) is 13.9. The van der Waals surface area contributed by atoms with Crippen LogP contribution in [0, 0.1) is 12.3 Å². The Labute approximate surface area is 141 Å². The van der Waals surface area contributed by atoms with Gasteiger partial charge in [-0.3, -0.25) is 9.52 Å². The molecule has 1 aliphatic rings. The van der Waals surface area contributed by atoms with Crippen LogP contribution in [-0.2, 0) is 21.2 Å². The molecular weight excluding hydrogens is 324 g/mol. The molecule has 2 aromatic rings. The molecule has 2 aromatic carbocycles. The molecule has 1 amide bonds. The summed E-state index contributed by atoms with van der Waals surface area (Å²) in [6.45, 7) is 2.07. The number of nitrogens with one attached hydrogen (secondary N) is 1. The Kier molecular flexibility index (Phi) is 4.04. The number of anilines is 2. The molecule has 6 heteroatoms. The molecule has 3 rings (SSSR count). The average molecular weight is 340 g/mol. The average Bonchev–Trinajstić information content (AvgIpc) is 2.98. The minimum Gasteiger partial charge on any atom is -0.312 e. The van der Waals surface area contributed by atoms with Crippen molar-refractivity contribution >= 4 is 27.3 Å². The van der Waals surface area contributed by atoms with E-state index in [1.54, 1.807) is 41.3 Å². The van der Waals surface area contributed by atoms with Gasteiger partial charge in [0.15, 0.2) is 0 Å². The van der Waals surface area contributed by atoms with E-state index in [0.717, 1.165) is 11.3 Å². The smallest absolute Gasteiger partial charge is 0.261 e. The van der Waals surface area contributed by atoms with Crippen molar-refractivity contribution in [2.45, 2.75) is 18.2 Å². The van der Waals surface area contributed by atoms with Gasteiger partial charge in [-0.2, -0.15) is 0 Å². The highest BCUT2D eigenvalue weighted by atomic mass is 32.2. The highest BCUT2D eigenvalue weighted by Gasteiger charge is 2.24. The zero-order chi connectivity index (χ0) is 17.3. The first-order valence-corrected chi connectivity index (χ1v) is 8.89. The summed E-state index contributed by atoms with van der Waals surface area (Å²) >= 11 is 0. The first-order chi connectivity index (χ1) is 11.4. The number of benzene rings is 2. The Hall–Kier alpha value is -2.78. The number of hydrogen-bond acceptors (Lipinski definition) is 3. The van der Waals surface area contributed by atoms with Crippen LogP contribution in [0.5, 0.6) is 0 Å². The predicted molar refractivity (Wildman–Crippen MR) is 93.4 cm³/mol. The van der Waals surface area contributed by atoms with Crippen LogP contribution in [0.2, 0.25) is 0 Å². The summed E-state index contributed by atoms with van der Waals surface area (Å²) in [5.41, 5.74) is 2.64. The maximum absolute atomic E-state index is 12.6. The summed E-state index contributed by atoms with van der Waals surface area (Å²) in [5, 5.41) is 0. The van der Waals surface area contributed by atoms with E-state index in [-0.39, 0.29) is 10.8 Å². The van der Waals surface area contributed by atoms with Gasteiger partial charge < -0.3 is 4.90 Å². The second kappa shape index (κ2) is 6.02. The highest BCUT2D eigenvalue weighted by Crippen LogP contribution is 2.30. The summed E-state index contributed by atoms with van der Waals surface area (Å²) in [6, 6.07) is 11.5. The minimum atomic E-state index is -3.72. The molecule has 1 aliphatic heterocycles. The topological polar surface area (TPSA) is 66.5 Å². The van der Waals surface area contributed by atoms with E-state index in [2.05, 4.69) is 10.6 Å². The van der Waals surface area contributed by atoms with Crippen molar-refractivity contribution in [1.82, 2.24) is 0 Å². The van der Waals surface area contributed by atoms with E-state index in [1.807, 2.05) is 0 Å². The van der Waals surface area contributed by atoms with Gasteiger partial charge in [-0.15, -0.1) is 6.42 Å². The fourth-order valence-electron chi connectivity index (χ4n) is 2.76. The third-order valence-electron chi connectivity index (χ3n) is 3.92. The summed E-state index contributed by atoms with van der Waals surface area (Å²) in [6.07, 6.45) is 5.98. The molecule has 1 N–H and O–H groups in total. The number of nitrogens with zero attached hydrogens (tertiary/aromatic N) is 1. The number of carbonyl (C=O) groups is 1. The van der Waals surface area contributed by atoms with E-state index in [9.17, 15) is 13.2 Å². The van der Waals surface area contributed by atoms with E-state index in [0.29, 0.717) is 24.2 Å². The van der Waals surface area contributed by atoms with Crippen molar-refractivity contribution < 1.29 is 13.2 Å². The fourth-order valence-corrected chi connectivity index (χ4v) is 3.86. The Morgan fingerprint density at radius 1 is 1.25 bits per heavy atom. The number of terminal acetylenes is 1. The Morgan fingerprint density at radius 3 is 2.75 bits per heavy atom. The van der Waals surface area contributed by atoms with Crippen molar-refractivity contribution in [3.63, 3.8) is 0 Å². The Morgan fingerprint density at radius 2 is 2.04 bits per heavy atom. The molecule has 0 radical (unpaired) electrons. The van der Waals surface area contributed by atoms with Crippen LogP contribution in [-0.4, -0.2) is 20.9 Å². The lowest BCUT2D eigenvalue weighted by molar-refractivity contribution is -0.116. The van der Waals surface area contributed by atoms with Crippen molar-refractivity contribution in [1.29, 1.82) is 0 Å². The third-order valence-corrected chi connectivity index (χ3v) is 5.30. The Bertz CT molecular complexity index is 958. The van der Waals surface area contributed by atoms with Crippen LogP contribution in [0.15, 0.2) is 47.4 Å². The molecule has 0 saturated carbocycles. The van der Waals surface area contributed by atoms with Crippen LogP contribution in [0.1, 0.15) is 18.1 Å². The van der Waals surface area contributed by atoms with Crippen LogP contribution in [0.25, 0.3) is 0 Å². The van der Waals surface area contributed by atoms with Crippen molar-refractivity contribution in [3.05, 3.63) is 53.6 Å². The summed E-state index contributed by atoms with van der Waals surface area (Å²) in [4.78, 5) is 13.4. The molecule has 0 aliphatic carbocycles. The van der Waals surface area contributed by atoms with Crippen molar-refractivity contribution in [2.24, 2.45) is 0 Å². The van der Waals surface area contributed by atoms with Gasteiger partial charge in [0.25, 0.3) is 10.0 Å². The van der Waals surface area contributed by atoms with Crippen LogP contribution >= 0.6 is 0 Å². The molecular formula is C18H16N2O3S. The second-order valence-electron chi connectivity index (χ2n) is 5.54. The molecule has 0 aromatic heterocycles. The van der Waals surface area contributed by atoms with E-state index in [1.165, 1.54) is 13.0 Å². The van der Waals surface area contributed by atoms with Gasteiger partial charge in [0, 0.05) is 24.7 Å². The van der Waals surface area contributed by atoms with Gasteiger partial charge in [0.1, 0.15) is 0 Å². The molecule has 0 fully saturated rings. The van der Waals surface area contributed by atoms with Gasteiger partial charge in [-0.1, -0.05) is 12.0 Å². The van der Waals surface area contributed by atoms with Gasteiger partial charge >= 0.3 is 0 Å². The molecule has 122 valence electrons. The monoisotopic (exact) mass is 340 g/mol. The Balaban J connectivity index is 1.91. The van der Waals surface area contributed by atoms with Gasteiger partial charge in [-0.05, 0) is 48.4 Å². The first-order valence-electron chi connectivity index (χ1n) is 7.41. The van der Waals surface area contributed by atoms with Gasteiger partial charge in [0.05, 0.1) is 10.6 Å². The second-order valence-corrected chi connectivity index (χ2v) is 7.22. The first kappa shape index (κ1) is 16.1. The maximum atomic E-state index is 12.6. The van der Waals surface area contributed by atoms with E-state index >= 15 is 0 Å². The van der Waals surface area contributed by atoms with Gasteiger partial charge in [-0.25, -0.2) is 8.42 Å². The summed E-state index contributed by atoms with van der Waals surface area (Å²) in [7, 11) is -3.72. The molecule has 1 heterocycles. The standard InChI is InChI=1S/C18H16N2O3S/c1-3-14-5-4-6-16(11-14)19-24(22,23)17-7-8-18-15(12-17)9-10-20(18)13(2)21/h1,4-8,11-12,19H,9-10H2,2H3. The van der Waals surface area contributed by atoms with Crippen molar-refractivity contribution in [2.75, 3.05) is 16.2 Å². The van der Waals surface area contributed by atoms with Crippen LogP contribution < -0.4 is 9.62 Å². The van der Waals surface area contributed by atoms with Crippen LogP contribution in [0.4, 0.5) is 11.4 Å². The number of hydrogen-bond donors (Lipinski definition) is 1. The van der Waals surface area contributed by atoms with Crippen molar-refractivity contribution in [3.8, 4) is 12.3 Å². The number of rotatable bonds is 3. The number of carbonyl (C=O) groups excluding carboxylic acids is 1. The molecule has 0 unspecified atom stereocenters. The quantitative estimate of drug-likeness (QED) is 0.873. The molecule has 24 heavy (non-hydrogen) atoms. The number of sulfonamides is 1. The zero-order valence-electron chi connectivity index (χ0n) is 13.1. The normalized spacial score (nSPS) is 13.2. The molecule has 5 nitrogen and oxygen atoms in total. The maximum Gasteiger partial charge on any atom is 0.261 e. The SMILES string of the molecule is C#Cc1cccc(NS(=O)(=O)c2ccc3c(c2)CCN3C(C)=O)c1. The lowest BCUT2D eigenvalue weighted by Crippen LogP contribution is -2.25. The lowest BCUT2D eigenvalue weighted by Gasteiger charge is -2.15. The number of amides is 1. The van der Waals surface area contributed by atoms with Gasteiger partial charge in [0.2, 0.25) is 5.91 Å². The molecule has 0 spiro atoms. The largest absolute Gasteiger partial charge is 0.312 e. The highest BCUT2D eigenvalue weighted by molar-refractivity contribution is 7.92. The fraction of sp³-hybridized carbons (Fsp3) is 0.167. The minimum absolute atomic E-state index is 0.0476. The van der Waals surface area contributed by atoms with Crippen LogP contribution in [0.3, 0.4) is 0 Å². The third kappa shape index (κ3) is 2.99. The molecule has 0 bridgehead atoms. The molecule has 0 atom stereocenters. The molecule has 0 saturated heterocycles.